The molecule has 1 aromatic carbocycles. The van der Waals surface area contributed by atoms with Gasteiger partial charge in [0.1, 0.15) is 9.32 Å². The number of nitrogens with one attached hydrogen (secondary N) is 1. The molecule has 2 N–H and O–H groups in total. The van der Waals surface area contributed by atoms with Gasteiger partial charge in [0.15, 0.2) is 5.69 Å². The molecule has 0 aliphatic carbocycles. The maximum Gasteiger partial charge on any atom is 0.354 e. The summed E-state index contributed by atoms with van der Waals surface area (Å²) in [4.78, 5) is 36.8. The van der Waals surface area contributed by atoms with Crippen molar-refractivity contribution < 1.29 is 14.6 Å². The summed E-state index contributed by atoms with van der Waals surface area (Å²) in [7, 11) is 1.49. The highest BCUT2D eigenvalue weighted by Crippen LogP contribution is 2.16. The molecule has 2 rings (SSSR count). The average molecular weight is 388 g/mol. The number of carboxylic acid groups (broad SMARTS) is 1. The van der Waals surface area contributed by atoms with E-state index >= 15 is 0 Å². The lowest BCUT2D eigenvalue weighted by Crippen LogP contribution is -2.35. The van der Waals surface area contributed by atoms with Crippen LogP contribution in [0.2, 0.25) is 0 Å². The first kappa shape index (κ1) is 14.3. The highest BCUT2D eigenvalue weighted by Gasteiger charge is 2.20. The second kappa shape index (κ2) is 5.49. The summed E-state index contributed by atoms with van der Waals surface area (Å²) < 4.78 is 5.86. The first-order valence-electron chi connectivity index (χ1n) is 5.38. The van der Waals surface area contributed by atoms with Gasteiger partial charge < -0.3 is 9.84 Å². The van der Waals surface area contributed by atoms with Crippen molar-refractivity contribution in [2.45, 2.75) is 0 Å². The lowest BCUT2D eigenvalue weighted by atomic mass is 10.2. The fourth-order valence-corrected chi connectivity index (χ4v) is 2.29. The maximum atomic E-state index is 11.9. The largest absolute Gasteiger partial charge is 0.497 e. The van der Waals surface area contributed by atoms with Crippen molar-refractivity contribution >= 4 is 28.6 Å². The summed E-state index contributed by atoms with van der Waals surface area (Å²) in [6.45, 7) is 0. The van der Waals surface area contributed by atoms with E-state index in [0.717, 1.165) is 4.57 Å². The molecule has 7 nitrogen and oxygen atoms in total. The summed E-state index contributed by atoms with van der Waals surface area (Å²) in [6, 6.07) is 6.24. The number of aromatic nitrogens is 2. The fourth-order valence-electron chi connectivity index (χ4n) is 1.68. The van der Waals surface area contributed by atoms with Crippen molar-refractivity contribution in [2.24, 2.45) is 0 Å². The minimum Gasteiger partial charge on any atom is -0.497 e. The minimum atomic E-state index is -1.35. The van der Waals surface area contributed by atoms with Crippen molar-refractivity contribution in [1.29, 1.82) is 0 Å². The Labute approximate surface area is 126 Å². The number of halogens is 1. The van der Waals surface area contributed by atoms with Gasteiger partial charge in [-0.2, -0.15) is 0 Å². The summed E-state index contributed by atoms with van der Waals surface area (Å²) in [5.41, 5.74) is -1.58. The summed E-state index contributed by atoms with van der Waals surface area (Å²) >= 11 is 1.59. The fraction of sp³-hybridized carbons (Fsp3) is 0.0833. The molecule has 1 heterocycles. The molecule has 0 aliphatic rings. The van der Waals surface area contributed by atoms with Gasteiger partial charge in [0.2, 0.25) is 0 Å². The zero-order valence-corrected chi connectivity index (χ0v) is 12.4. The van der Waals surface area contributed by atoms with Crippen LogP contribution in [-0.4, -0.2) is 27.7 Å². The molecule has 8 heteroatoms. The van der Waals surface area contributed by atoms with E-state index < -0.39 is 17.2 Å². The van der Waals surface area contributed by atoms with E-state index in [2.05, 4.69) is 4.98 Å². The number of carboxylic acids is 1. The number of H-pyrrole nitrogens is 1. The van der Waals surface area contributed by atoms with E-state index in [-0.39, 0.29) is 9.26 Å². The van der Waals surface area contributed by atoms with E-state index in [1.807, 2.05) is 0 Å². The van der Waals surface area contributed by atoms with Gasteiger partial charge in [0.05, 0.1) is 12.8 Å². The third-order valence-electron chi connectivity index (χ3n) is 2.59. The van der Waals surface area contributed by atoms with Crippen LogP contribution in [0.5, 0.6) is 5.75 Å². The van der Waals surface area contributed by atoms with Gasteiger partial charge in [0.25, 0.3) is 5.56 Å². The van der Waals surface area contributed by atoms with E-state index in [0.29, 0.717) is 11.4 Å². The zero-order valence-electron chi connectivity index (χ0n) is 10.2. The van der Waals surface area contributed by atoms with Gasteiger partial charge in [-0.25, -0.2) is 9.59 Å². The molecule has 0 unspecified atom stereocenters. The second-order valence-electron chi connectivity index (χ2n) is 3.76. The SMILES string of the molecule is COc1ccc(-n2c(C(=O)O)c(I)c(=O)[nH]c2=O)cc1. The number of hydrogen-bond acceptors (Lipinski definition) is 4. The lowest BCUT2D eigenvalue weighted by molar-refractivity contribution is 0.0684. The van der Waals surface area contributed by atoms with E-state index in [1.54, 1.807) is 34.7 Å². The van der Waals surface area contributed by atoms with Crippen LogP contribution in [0.25, 0.3) is 5.69 Å². The number of nitrogens with zero attached hydrogens (tertiary/aromatic N) is 1. The molecule has 0 saturated heterocycles. The highest BCUT2D eigenvalue weighted by atomic mass is 127. The van der Waals surface area contributed by atoms with E-state index in [1.165, 1.54) is 19.2 Å². The third-order valence-corrected chi connectivity index (χ3v) is 3.59. The van der Waals surface area contributed by atoms with Gasteiger partial charge in [-0.05, 0) is 46.9 Å². The quantitative estimate of drug-likeness (QED) is 0.759. The number of hydrogen-bond donors (Lipinski definition) is 2. The monoisotopic (exact) mass is 388 g/mol. The van der Waals surface area contributed by atoms with E-state index in [9.17, 15) is 19.5 Å². The summed E-state index contributed by atoms with van der Waals surface area (Å²) in [5, 5.41) is 9.22. The predicted molar refractivity (Wildman–Crippen MR) is 78.9 cm³/mol. The highest BCUT2D eigenvalue weighted by molar-refractivity contribution is 14.1. The molecule has 0 bridgehead atoms. The molecule has 0 atom stereocenters. The molecule has 0 radical (unpaired) electrons. The van der Waals surface area contributed by atoms with Crippen LogP contribution in [0.3, 0.4) is 0 Å². The van der Waals surface area contributed by atoms with Crippen molar-refractivity contribution in [1.82, 2.24) is 9.55 Å². The average Bonchev–Trinajstić information content (AvgIpc) is 2.42. The van der Waals surface area contributed by atoms with Gasteiger partial charge >= 0.3 is 11.7 Å². The number of aromatic amines is 1. The molecule has 0 spiro atoms. The molecular formula is C12H9IN2O5. The first-order chi connectivity index (χ1) is 9.45. The third kappa shape index (κ3) is 2.46. The number of aromatic carboxylic acids is 1. The number of benzene rings is 1. The molecule has 2 aromatic rings. The molecule has 0 aliphatic heterocycles. The molecular weight excluding hydrogens is 379 g/mol. The minimum absolute atomic E-state index is 0.0643. The van der Waals surface area contributed by atoms with Gasteiger partial charge in [-0.3, -0.25) is 14.3 Å². The molecule has 0 amide bonds. The molecule has 1 aromatic heterocycles. The first-order valence-corrected chi connectivity index (χ1v) is 6.46. The van der Waals surface area contributed by atoms with Crippen LogP contribution < -0.4 is 16.0 Å². The lowest BCUT2D eigenvalue weighted by Gasteiger charge is -2.11. The Morgan fingerprint density at radius 2 is 1.90 bits per heavy atom. The Kier molecular flexibility index (Phi) is 3.93. The zero-order chi connectivity index (χ0) is 14.9. The van der Waals surface area contributed by atoms with Crippen LogP contribution in [-0.2, 0) is 0 Å². The predicted octanol–water partition coefficient (Wildman–Crippen LogP) is 0.837. The van der Waals surface area contributed by atoms with Crippen LogP contribution in [0.1, 0.15) is 10.5 Å². The molecule has 0 fully saturated rings. The Balaban J connectivity index is 2.78. The smallest absolute Gasteiger partial charge is 0.354 e. The number of methoxy groups -OCH3 is 1. The van der Waals surface area contributed by atoms with Crippen LogP contribution in [0, 0.1) is 3.57 Å². The molecule has 104 valence electrons. The summed E-state index contributed by atoms with van der Waals surface area (Å²) in [6.07, 6.45) is 0. The van der Waals surface area contributed by atoms with Crippen molar-refractivity contribution in [3.8, 4) is 11.4 Å². The van der Waals surface area contributed by atoms with Crippen molar-refractivity contribution in [3.05, 3.63) is 54.4 Å². The normalized spacial score (nSPS) is 10.3. The van der Waals surface area contributed by atoms with Gasteiger partial charge in [-0.1, -0.05) is 0 Å². The van der Waals surface area contributed by atoms with Gasteiger partial charge in [0, 0.05) is 0 Å². The van der Waals surface area contributed by atoms with Crippen molar-refractivity contribution in [2.75, 3.05) is 7.11 Å². The van der Waals surface area contributed by atoms with Gasteiger partial charge in [-0.15, -0.1) is 0 Å². The Morgan fingerprint density at radius 3 is 2.40 bits per heavy atom. The van der Waals surface area contributed by atoms with Crippen molar-refractivity contribution in [3.63, 3.8) is 0 Å². The molecule has 0 saturated carbocycles. The van der Waals surface area contributed by atoms with E-state index in [4.69, 9.17) is 4.74 Å². The topological polar surface area (TPSA) is 101 Å². The Hall–Kier alpha value is -2.10. The van der Waals surface area contributed by atoms with Crippen LogP contribution in [0.4, 0.5) is 0 Å². The summed E-state index contributed by atoms with van der Waals surface area (Å²) in [5.74, 6) is -0.786. The van der Waals surface area contributed by atoms with Crippen LogP contribution >= 0.6 is 22.6 Å². The molecule has 20 heavy (non-hydrogen) atoms. The Bertz CT molecular complexity index is 776. The number of rotatable bonds is 3. The standard InChI is InChI=1S/C12H9IN2O5/c1-20-7-4-2-6(3-5-7)15-9(11(17)18)8(13)10(16)14-12(15)19/h2-5H,1H3,(H,17,18)(H,14,16,19). The Morgan fingerprint density at radius 1 is 1.30 bits per heavy atom. The number of carbonyl (C=O) groups is 1. The number of ether oxygens (including phenoxy) is 1. The van der Waals surface area contributed by atoms with Crippen LogP contribution in [0.15, 0.2) is 33.9 Å². The second-order valence-corrected chi connectivity index (χ2v) is 4.84. The maximum absolute atomic E-state index is 11.9.